The van der Waals surface area contributed by atoms with Crippen molar-refractivity contribution in [3.05, 3.63) is 41.9 Å². The minimum Gasteiger partial charge on any atom is -0.494 e. The Morgan fingerprint density at radius 2 is 1.93 bits per heavy atom. The second-order valence-corrected chi connectivity index (χ2v) is 7.80. The highest BCUT2D eigenvalue weighted by Crippen LogP contribution is 2.38. The van der Waals surface area contributed by atoms with Crippen LogP contribution < -0.4 is 4.74 Å². The maximum atomic E-state index is 12.8. The van der Waals surface area contributed by atoms with Crippen molar-refractivity contribution >= 4 is 5.91 Å². The predicted molar refractivity (Wildman–Crippen MR) is 107 cm³/mol. The topological polar surface area (TPSA) is 99.2 Å². The first-order valence-electron chi connectivity index (χ1n) is 10.5. The van der Waals surface area contributed by atoms with Crippen LogP contribution in [0.15, 0.2) is 35.0 Å². The lowest BCUT2D eigenvalue weighted by Crippen LogP contribution is -2.39. The van der Waals surface area contributed by atoms with E-state index in [0.717, 1.165) is 37.3 Å². The zero-order chi connectivity index (χ0) is 20.5. The average Bonchev–Trinajstić information content (AvgIpc) is 3.31. The van der Waals surface area contributed by atoms with Crippen molar-refractivity contribution < 1.29 is 14.1 Å². The van der Waals surface area contributed by atoms with E-state index in [2.05, 4.69) is 20.5 Å². The van der Waals surface area contributed by atoms with Crippen molar-refractivity contribution in [3.63, 3.8) is 0 Å². The highest BCUT2D eigenvalue weighted by molar-refractivity contribution is 5.94. The van der Waals surface area contributed by atoms with Gasteiger partial charge in [0.1, 0.15) is 5.75 Å². The SMILES string of the molecule is CCOc1ccc(C(=O)N2CCC(n3cc(-c4nc(C5CC5)no4)nn3)CC2)cc1. The van der Waals surface area contributed by atoms with Crippen LogP contribution in [0.2, 0.25) is 0 Å². The quantitative estimate of drug-likeness (QED) is 0.618. The van der Waals surface area contributed by atoms with E-state index in [-0.39, 0.29) is 11.9 Å². The molecule has 0 atom stereocenters. The Labute approximate surface area is 174 Å². The molecule has 1 saturated heterocycles. The lowest BCUT2D eigenvalue weighted by Gasteiger charge is -2.31. The van der Waals surface area contributed by atoms with E-state index >= 15 is 0 Å². The van der Waals surface area contributed by atoms with Crippen LogP contribution in [0.5, 0.6) is 5.75 Å². The zero-order valence-corrected chi connectivity index (χ0v) is 16.9. The summed E-state index contributed by atoms with van der Waals surface area (Å²) in [6, 6.07) is 7.52. The maximum Gasteiger partial charge on any atom is 0.280 e. The summed E-state index contributed by atoms with van der Waals surface area (Å²) < 4.78 is 12.6. The van der Waals surface area contributed by atoms with Gasteiger partial charge in [0, 0.05) is 24.6 Å². The summed E-state index contributed by atoms with van der Waals surface area (Å²) in [6.07, 6.45) is 5.75. The number of benzene rings is 1. The Balaban J connectivity index is 1.19. The molecule has 2 fully saturated rings. The van der Waals surface area contributed by atoms with Crippen LogP contribution >= 0.6 is 0 Å². The van der Waals surface area contributed by atoms with Crippen LogP contribution in [-0.2, 0) is 0 Å². The molecule has 1 aliphatic carbocycles. The summed E-state index contributed by atoms with van der Waals surface area (Å²) >= 11 is 0. The van der Waals surface area contributed by atoms with E-state index in [0.29, 0.717) is 42.8 Å². The second kappa shape index (κ2) is 7.89. The monoisotopic (exact) mass is 408 g/mol. The van der Waals surface area contributed by atoms with E-state index in [1.807, 2.05) is 47.0 Å². The molecule has 2 aromatic heterocycles. The molecule has 0 unspecified atom stereocenters. The lowest BCUT2D eigenvalue weighted by atomic mass is 10.0. The minimum atomic E-state index is 0.0502. The third kappa shape index (κ3) is 3.79. The Morgan fingerprint density at radius 3 is 2.63 bits per heavy atom. The Kier molecular flexibility index (Phi) is 4.94. The number of likely N-dealkylation sites (tertiary alicyclic amines) is 1. The van der Waals surface area contributed by atoms with Gasteiger partial charge in [-0.1, -0.05) is 10.4 Å². The van der Waals surface area contributed by atoms with E-state index in [1.54, 1.807) is 0 Å². The average molecular weight is 408 g/mol. The van der Waals surface area contributed by atoms with Crippen LogP contribution in [0.1, 0.15) is 60.7 Å². The molecule has 0 spiro atoms. The molecule has 9 nitrogen and oxygen atoms in total. The second-order valence-electron chi connectivity index (χ2n) is 7.80. The fraction of sp³-hybridized carbons (Fsp3) is 0.476. The number of hydrogen-bond acceptors (Lipinski definition) is 7. The van der Waals surface area contributed by atoms with Crippen molar-refractivity contribution in [3.8, 4) is 17.3 Å². The molecule has 3 heterocycles. The summed E-state index contributed by atoms with van der Waals surface area (Å²) in [5, 5.41) is 12.5. The van der Waals surface area contributed by atoms with Crippen molar-refractivity contribution in [2.24, 2.45) is 0 Å². The van der Waals surface area contributed by atoms with E-state index in [9.17, 15) is 4.79 Å². The van der Waals surface area contributed by atoms with Gasteiger partial charge in [-0.25, -0.2) is 4.68 Å². The highest BCUT2D eigenvalue weighted by Gasteiger charge is 2.30. The molecule has 0 radical (unpaired) electrons. The fourth-order valence-corrected chi connectivity index (χ4v) is 3.78. The molecular formula is C21H24N6O3. The highest BCUT2D eigenvalue weighted by atomic mass is 16.5. The molecule has 9 heteroatoms. The number of rotatable bonds is 6. The largest absolute Gasteiger partial charge is 0.494 e. The summed E-state index contributed by atoms with van der Waals surface area (Å²) in [7, 11) is 0. The third-order valence-electron chi connectivity index (χ3n) is 5.65. The van der Waals surface area contributed by atoms with Crippen molar-refractivity contribution in [2.75, 3.05) is 19.7 Å². The van der Waals surface area contributed by atoms with Gasteiger partial charge in [-0.2, -0.15) is 4.98 Å². The van der Waals surface area contributed by atoms with Crippen LogP contribution in [0, 0.1) is 0 Å². The molecule has 0 N–H and O–H groups in total. The molecule has 3 aromatic rings. The Morgan fingerprint density at radius 1 is 1.17 bits per heavy atom. The normalized spacial score (nSPS) is 17.3. The van der Waals surface area contributed by atoms with Gasteiger partial charge in [-0.05, 0) is 56.9 Å². The smallest absolute Gasteiger partial charge is 0.280 e. The molecule has 30 heavy (non-hydrogen) atoms. The Hall–Kier alpha value is -3.23. The lowest BCUT2D eigenvalue weighted by molar-refractivity contribution is 0.0689. The van der Waals surface area contributed by atoms with Gasteiger partial charge in [0.05, 0.1) is 18.8 Å². The van der Waals surface area contributed by atoms with E-state index in [4.69, 9.17) is 9.26 Å². The van der Waals surface area contributed by atoms with Gasteiger partial charge >= 0.3 is 0 Å². The number of amides is 1. The number of carbonyl (C=O) groups is 1. The third-order valence-corrected chi connectivity index (χ3v) is 5.65. The predicted octanol–water partition coefficient (Wildman–Crippen LogP) is 3.08. The van der Waals surface area contributed by atoms with Crippen LogP contribution in [0.4, 0.5) is 0 Å². The number of piperidine rings is 1. The molecule has 5 rings (SSSR count). The van der Waals surface area contributed by atoms with Crippen molar-refractivity contribution in [2.45, 2.75) is 44.6 Å². The van der Waals surface area contributed by atoms with E-state index < -0.39 is 0 Å². The summed E-state index contributed by atoms with van der Waals surface area (Å²) in [5.41, 5.74) is 1.28. The first kappa shape index (κ1) is 18.8. The fourth-order valence-electron chi connectivity index (χ4n) is 3.78. The van der Waals surface area contributed by atoms with Gasteiger partial charge in [0.25, 0.3) is 11.8 Å². The standard InChI is InChI=1S/C21H24N6O3/c1-2-29-17-7-5-15(6-8-17)21(28)26-11-9-16(10-12-26)27-13-18(23-25-27)20-22-19(24-30-20)14-3-4-14/h5-8,13-14,16H,2-4,9-12H2,1H3. The van der Waals surface area contributed by atoms with Crippen molar-refractivity contribution in [1.82, 2.24) is 30.0 Å². The molecule has 156 valence electrons. The van der Waals surface area contributed by atoms with Crippen LogP contribution in [0.3, 0.4) is 0 Å². The summed E-state index contributed by atoms with van der Waals surface area (Å²) in [4.78, 5) is 19.1. The van der Waals surface area contributed by atoms with Crippen LogP contribution in [0.25, 0.3) is 11.6 Å². The van der Waals surface area contributed by atoms with Gasteiger partial charge in [-0.3, -0.25) is 4.79 Å². The number of ether oxygens (including phenoxy) is 1. The maximum absolute atomic E-state index is 12.8. The van der Waals surface area contributed by atoms with E-state index in [1.165, 1.54) is 0 Å². The van der Waals surface area contributed by atoms with Gasteiger partial charge < -0.3 is 14.2 Å². The number of carbonyl (C=O) groups excluding carboxylic acids is 1. The van der Waals surface area contributed by atoms with Crippen LogP contribution in [-0.4, -0.2) is 55.6 Å². The first-order valence-corrected chi connectivity index (χ1v) is 10.5. The zero-order valence-electron chi connectivity index (χ0n) is 16.9. The first-order chi connectivity index (χ1) is 14.7. The minimum absolute atomic E-state index is 0.0502. The molecule has 1 aromatic carbocycles. The molecular weight excluding hydrogens is 384 g/mol. The summed E-state index contributed by atoms with van der Waals surface area (Å²) in [6.45, 7) is 3.91. The molecule has 1 saturated carbocycles. The Bertz CT molecular complexity index is 1020. The molecule has 2 aliphatic rings. The molecule has 0 bridgehead atoms. The number of aromatic nitrogens is 5. The number of hydrogen-bond donors (Lipinski definition) is 0. The van der Waals surface area contributed by atoms with Crippen molar-refractivity contribution in [1.29, 1.82) is 0 Å². The molecule has 1 amide bonds. The molecule has 1 aliphatic heterocycles. The van der Waals surface area contributed by atoms with Gasteiger partial charge in [0.2, 0.25) is 0 Å². The number of nitrogens with zero attached hydrogens (tertiary/aromatic N) is 6. The van der Waals surface area contributed by atoms with Gasteiger partial charge in [-0.15, -0.1) is 5.10 Å². The van der Waals surface area contributed by atoms with Gasteiger partial charge in [0.15, 0.2) is 11.5 Å². The summed E-state index contributed by atoms with van der Waals surface area (Å²) in [5.74, 6) is 2.45.